The van der Waals surface area contributed by atoms with Gasteiger partial charge in [-0.15, -0.1) is 0 Å². The van der Waals surface area contributed by atoms with Crippen molar-refractivity contribution in [1.82, 2.24) is 5.32 Å². The summed E-state index contributed by atoms with van der Waals surface area (Å²) in [4.78, 5) is 11.6. The van der Waals surface area contributed by atoms with Crippen molar-refractivity contribution in [3.8, 4) is 0 Å². The molecule has 0 spiro atoms. The highest BCUT2D eigenvalue weighted by molar-refractivity contribution is 5.92. The van der Waals surface area contributed by atoms with Crippen molar-refractivity contribution in [1.29, 1.82) is 0 Å². The normalized spacial score (nSPS) is 19.4. The minimum atomic E-state index is 0.00582. The van der Waals surface area contributed by atoms with Crippen molar-refractivity contribution in [2.45, 2.75) is 39.2 Å². The third kappa shape index (κ3) is 4.53. The van der Waals surface area contributed by atoms with Crippen molar-refractivity contribution < 1.29 is 4.79 Å². The molecular formula is C16H25N3O. The number of hydrogen-bond donors (Lipinski definition) is 3. The van der Waals surface area contributed by atoms with E-state index in [0.29, 0.717) is 6.04 Å². The predicted octanol–water partition coefficient (Wildman–Crippen LogP) is 2.84. The largest absolute Gasteiger partial charge is 0.382 e. The van der Waals surface area contributed by atoms with Crippen LogP contribution in [0.5, 0.6) is 0 Å². The van der Waals surface area contributed by atoms with Gasteiger partial charge in [0.1, 0.15) is 0 Å². The standard InChI is InChI=1S/C16H25N3O/c1-12(2)16(20)19-15-7-5-14(6-8-15)18-13-4-3-10-17-11-9-13/h5-8,12-13,17-18H,3-4,9-11H2,1-2H3,(H,19,20). The molecule has 1 saturated heterocycles. The van der Waals surface area contributed by atoms with Crippen LogP contribution in [0.3, 0.4) is 0 Å². The van der Waals surface area contributed by atoms with Gasteiger partial charge in [0, 0.05) is 23.3 Å². The van der Waals surface area contributed by atoms with Crippen LogP contribution in [0.25, 0.3) is 0 Å². The lowest BCUT2D eigenvalue weighted by Crippen LogP contribution is -2.21. The second-order valence-electron chi connectivity index (χ2n) is 5.74. The number of carbonyl (C=O) groups is 1. The number of benzene rings is 1. The monoisotopic (exact) mass is 275 g/mol. The molecule has 4 heteroatoms. The van der Waals surface area contributed by atoms with Crippen LogP contribution in [0.2, 0.25) is 0 Å². The summed E-state index contributed by atoms with van der Waals surface area (Å²) in [5, 5.41) is 9.89. The van der Waals surface area contributed by atoms with Crippen LogP contribution in [-0.2, 0) is 4.79 Å². The second-order valence-corrected chi connectivity index (χ2v) is 5.74. The molecule has 0 bridgehead atoms. The average molecular weight is 275 g/mol. The average Bonchev–Trinajstić information content (AvgIpc) is 2.69. The lowest BCUT2D eigenvalue weighted by Gasteiger charge is -2.17. The predicted molar refractivity (Wildman–Crippen MR) is 84.0 cm³/mol. The lowest BCUT2D eigenvalue weighted by atomic mass is 10.1. The first-order valence-electron chi connectivity index (χ1n) is 7.53. The van der Waals surface area contributed by atoms with Crippen molar-refractivity contribution in [2.24, 2.45) is 5.92 Å². The molecule has 3 N–H and O–H groups in total. The molecule has 2 rings (SSSR count). The Morgan fingerprint density at radius 1 is 1.15 bits per heavy atom. The zero-order chi connectivity index (χ0) is 14.4. The summed E-state index contributed by atoms with van der Waals surface area (Å²) in [6.45, 7) is 6.00. The Kier molecular flexibility index (Phi) is 5.41. The molecule has 4 nitrogen and oxygen atoms in total. The zero-order valence-corrected chi connectivity index (χ0v) is 12.4. The topological polar surface area (TPSA) is 53.2 Å². The van der Waals surface area contributed by atoms with Crippen LogP contribution in [0, 0.1) is 5.92 Å². The molecule has 1 aromatic carbocycles. The van der Waals surface area contributed by atoms with Crippen LogP contribution in [-0.4, -0.2) is 25.0 Å². The SMILES string of the molecule is CC(C)C(=O)Nc1ccc(NC2CCCNCC2)cc1. The van der Waals surface area contributed by atoms with Gasteiger partial charge in [0.25, 0.3) is 0 Å². The molecule has 1 amide bonds. The first-order chi connectivity index (χ1) is 9.65. The molecule has 1 unspecified atom stereocenters. The Morgan fingerprint density at radius 3 is 2.55 bits per heavy atom. The van der Waals surface area contributed by atoms with Gasteiger partial charge in [-0.1, -0.05) is 13.8 Å². The van der Waals surface area contributed by atoms with Gasteiger partial charge in [0.05, 0.1) is 0 Å². The molecule has 0 saturated carbocycles. The summed E-state index contributed by atoms with van der Waals surface area (Å²) >= 11 is 0. The fourth-order valence-electron chi connectivity index (χ4n) is 2.34. The Morgan fingerprint density at radius 2 is 1.85 bits per heavy atom. The van der Waals surface area contributed by atoms with Crippen molar-refractivity contribution in [2.75, 3.05) is 23.7 Å². The molecule has 1 heterocycles. The first kappa shape index (κ1) is 14.9. The molecule has 0 aromatic heterocycles. The first-order valence-corrected chi connectivity index (χ1v) is 7.53. The van der Waals surface area contributed by atoms with Gasteiger partial charge in [-0.3, -0.25) is 4.79 Å². The van der Waals surface area contributed by atoms with Gasteiger partial charge >= 0.3 is 0 Å². The van der Waals surface area contributed by atoms with Crippen LogP contribution in [0.1, 0.15) is 33.1 Å². The highest BCUT2D eigenvalue weighted by Gasteiger charge is 2.11. The summed E-state index contributed by atoms with van der Waals surface area (Å²) in [6.07, 6.45) is 3.59. The van der Waals surface area contributed by atoms with Crippen LogP contribution in [0.15, 0.2) is 24.3 Å². The fourth-order valence-corrected chi connectivity index (χ4v) is 2.34. The molecule has 1 fully saturated rings. The molecule has 0 radical (unpaired) electrons. The molecule has 0 aliphatic carbocycles. The van der Waals surface area contributed by atoms with E-state index >= 15 is 0 Å². The minimum absolute atomic E-state index is 0.00582. The van der Waals surface area contributed by atoms with Gasteiger partial charge in [0.2, 0.25) is 5.91 Å². The smallest absolute Gasteiger partial charge is 0.226 e. The Labute approximate surface area is 121 Å². The van der Waals surface area contributed by atoms with Crippen LogP contribution < -0.4 is 16.0 Å². The van der Waals surface area contributed by atoms with Crippen molar-refractivity contribution in [3.63, 3.8) is 0 Å². The van der Waals surface area contributed by atoms with E-state index in [1.165, 1.54) is 12.8 Å². The summed E-state index contributed by atoms with van der Waals surface area (Å²) in [6, 6.07) is 8.53. The molecule has 1 aliphatic heterocycles. The molecular weight excluding hydrogens is 250 g/mol. The Balaban J connectivity index is 1.89. The van der Waals surface area contributed by atoms with Crippen LogP contribution >= 0.6 is 0 Å². The van der Waals surface area contributed by atoms with Gasteiger partial charge in [-0.25, -0.2) is 0 Å². The summed E-state index contributed by atoms with van der Waals surface area (Å²) in [5.41, 5.74) is 1.98. The van der Waals surface area contributed by atoms with E-state index in [2.05, 4.69) is 16.0 Å². The van der Waals surface area contributed by atoms with Gasteiger partial charge < -0.3 is 16.0 Å². The van der Waals surface area contributed by atoms with E-state index < -0.39 is 0 Å². The van der Waals surface area contributed by atoms with E-state index in [9.17, 15) is 4.79 Å². The van der Waals surface area contributed by atoms with E-state index in [1.807, 2.05) is 38.1 Å². The number of rotatable bonds is 4. The third-order valence-electron chi connectivity index (χ3n) is 3.62. The Hall–Kier alpha value is -1.55. The molecule has 20 heavy (non-hydrogen) atoms. The number of hydrogen-bond acceptors (Lipinski definition) is 3. The quantitative estimate of drug-likeness (QED) is 0.792. The number of anilines is 2. The third-order valence-corrected chi connectivity index (χ3v) is 3.62. The maximum atomic E-state index is 11.6. The van der Waals surface area contributed by atoms with Crippen molar-refractivity contribution in [3.05, 3.63) is 24.3 Å². The Bertz CT molecular complexity index is 420. The number of carbonyl (C=O) groups excluding carboxylic acids is 1. The summed E-state index contributed by atoms with van der Waals surface area (Å²) in [5.74, 6) is 0.0619. The highest BCUT2D eigenvalue weighted by Crippen LogP contribution is 2.18. The number of nitrogens with one attached hydrogen (secondary N) is 3. The van der Waals surface area contributed by atoms with Crippen LogP contribution in [0.4, 0.5) is 11.4 Å². The lowest BCUT2D eigenvalue weighted by molar-refractivity contribution is -0.118. The van der Waals surface area contributed by atoms with E-state index in [-0.39, 0.29) is 11.8 Å². The minimum Gasteiger partial charge on any atom is -0.382 e. The second kappa shape index (κ2) is 7.29. The zero-order valence-electron chi connectivity index (χ0n) is 12.4. The summed E-state index contributed by atoms with van der Waals surface area (Å²) < 4.78 is 0. The van der Waals surface area contributed by atoms with Crippen molar-refractivity contribution >= 4 is 17.3 Å². The fraction of sp³-hybridized carbons (Fsp3) is 0.562. The van der Waals surface area contributed by atoms with Gasteiger partial charge in [-0.05, 0) is 56.6 Å². The van der Waals surface area contributed by atoms with E-state index in [0.717, 1.165) is 30.9 Å². The van der Waals surface area contributed by atoms with E-state index in [1.54, 1.807) is 0 Å². The number of amides is 1. The molecule has 1 atom stereocenters. The molecule has 110 valence electrons. The highest BCUT2D eigenvalue weighted by atomic mass is 16.1. The maximum Gasteiger partial charge on any atom is 0.226 e. The summed E-state index contributed by atoms with van der Waals surface area (Å²) in [7, 11) is 0. The molecule has 1 aromatic rings. The molecule has 1 aliphatic rings. The van der Waals surface area contributed by atoms with E-state index in [4.69, 9.17) is 0 Å². The maximum absolute atomic E-state index is 11.6. The van der Waals surface area contributed by atoms with Gasteiger partial charge in [0.15, 0.2) is 0 Å². The van der Waals surface area contributed by atoms with Gasteiger partial charge in [-0.2, -0.15) is 0 Å².